The van der Waals surface area contributed by atoms with Crippen LogP contribution < -0.4 is 0 Å². The molecule has 1 N–H and O–H groups in total. The first-order valence-corrected chi connectivity index (χ1v) is 5.51. The van der Waals surface area contributed by atoms with Gasteiger partial charge >= 0.3 is 0 Å². The van der Waals surface area contributed by atoms with E-state index >= 15 is 0 Å². The predicted octanol–water partition coefficient (Wildman–Crippen LogP) is 3.28. The maximum Gasteiger partial charge on any atom is 0.115 e. The molecule has 0 spiro atoms. The fourth-order valence-corrected chi connectivity index (χ4v) is 1.45. The molecule has 0 aliphatic carbocycles. The number of rotatable bonds is 2. The minimum absolute atomic E-state index is 0.277. The van der Waals surface area contributed by atoms with Crippen molar-refractivity contribution in [1.82, 2.24) is 0 Å². The van der Waals surface area contributed by atoms with E-state index < -0.39 is 0 Å². The lowest BCUT2D eigenvalue weighted by Gasteiger charge is -2.19. The van der Waals surface area contributed by atoms with E-state index in [9.17, 15) is 0 Å². The number of halogens is 2. The maximum absolute atomic E-state index is 9.05. The average molecular weight is 297 g/mol. The molecule has 0 fully saturated rings. The van der Waals surface area contributed by atoms with Crippen molar-refractivity contribution in [2.45, 2.75) is 11.8 Å². The molecule has 3 heteroatoms. The standard InChI is InChI=1S/C9H10ClIO/c1-9(10,6-11)7-2-4-8(12)5-3-7/h2-5,12H,6H2,1H3. The Bertz CT molecular complexity index is 256. The molecule has 1 nitrogen and oxygen atoms in total. The number of aromatic hydroxyl groups is 1. The van der Waals surface area contributed by atoms with Crippen LogP contribution in [0, 0.1) is 0 Å². The van der Waals surface area contributed by atoms with Gasteiger partial charge in [0.1, 0.15) is 5.75 Å². The molecular weight excluding hydrogens is 286 g/mol. The Labute approximate surface area is 90.9 Å². The van der Waals surface area contributed by atoms with E-state index in [1.54, 1.807) is 12.1 Å². The number of alkyl halides is 2. The van der Waals surface area contributed by atoms with Gasteiger partial charge in [-0.1, -0.05) is 34.7 Å². The van der Waals surface area contributed by atoms with E-state index in [2.05, 4.69) is 22.6 Å². The van der Waals surface area contributed by atoms with Gasteiger partial charge in [-0.3, -0.25) is 0 Å². The second-order valence-electron chi connectivity index (χ2n) is 2.88. The second kappa shape index (κ2) is 3.83. The van der Waals surface area contributed by atoms with E-state index in [1.165, 1.54) is 0 Å². The van der Waals surface area contributed by atoms with Crippen LogP contribution in [0.3, 0.4) is 0 Å². The zero-order valence-corrected chi connectivity index (χ0v) is 9.63. The Morgan fingerprint density at radius 1 is 1.42 bits per heavy atom. The Balaban J connectivity index is 2.96. The van der Waals surface area contributed by atoms with Gasteiger partial charge < -0.3 is 5.11 Å². The van der Waals surface area contributed by atoms with Crippen LogP contribution in [0.2, 0.25) is 0 Å². The van der Waals surface area contributed by atoms with Crippen LogP contribution in [-0.2, 0) is 4.87 Å². The molecule has 0 aromatic heterocycles. The molecule has 1 unspecified atom stereocenters. The summed E-state index contributed by atoms with van der Waals surface area (Å²) in [7, 11) is 0. The lowest BCUT2D eigenvalue weighted by molar-refractivity contribution is 0.475. The summed E-state index contributed by atoms with van der Waals surface area (Å²) < 4.78 is 0.844. The summed E-state index contributed by atoms with van der Waals surface area (Å²) >= 11 is 8.46. The van der Waals surface area contributed by atoms with Crippen molar-refractivity contribution in [3.63, 3.8) is 0 Å². The quantitative estimate of drug-likeness (QED) is 0.656. The third kappa shape index (κ3) is 2.26. The van der Waals surface area contributed by atoms with Crippen LogP contribution in [0.1, 0.15) is 12.5 Å². The molecule has 0 amide bonds. The lowest BCUT2D eigenvalue weighted by Crippen LogP contribution is -2.14. The van der Waals surface area contributed by atoms with Gasteiger partial charge in [0, 0.05) is 4.43 Å². The molecule has 1 atom stereocenters. The third-order valence-electron chi connectivity index (χ3n) is 1.72. The van der Waals surface area contributed by atoms with Gasteiger partial charge in [0.15, 0.2) is 0 Å². The minimum Gasteiger partial charge on any atom is -0.508 e. The Morgan fingerprint density at radius 2 is 1.92 bits per heavy atom. The summed E-state index contributed by atoms with van der Waals surface area (Å²) in [6.07, 6.45) is 0. The molecule has 0 bridgehead atoms. The van der Waals surface area contributed by atoms with Crippen LogP contribution in [0.5, 0.6) is 5.75 Å². The van der Waals surface area contributed by atoms with Crippen molar-refractivity contribution in [3.8, 4) is 5.75 Å². The van der Waals surface area contributed by atoms with Gasteiger partial charge in [-0.25, -0.2) is 0 Å². The van der Waals surface area contributed by atoms with Gasteiger partial charge in [0.2, 0.25) is 0 Å². The molecule has 0 heterocycles. The summed E-state index contributed by atoms with van der Waals surface area (Å²) in [6.45, 7) is 1.97. The monoisotopic (exact) mass is 296 g/mol. The first-order valence-electron chi connectivity index (χ1n) is 3.60. The average Bonchev–Trinajstić information content (AvgIpc) is 2.05. The van der Waals surface area contributed by atoms with Gasteiger partial charge in [0.25, 0.3) is 0 Å². The SMILES string of the molecule is CC(Cl)(CI)c1ccc(O)cc1. The first-order chi connectivity index (χ1) is 5.56. The highest BCUT2D eigenvalue weighted by Crippen LogP contribution is 2.31. The van der Waals surface area contributed by atoms with Gasteiger partial charge in [-0.15, -0.1) is 11.6 Å². The van der Waals surface area contributed by atoms with Crippen LogP contribution >= 0.6 is 34.2 Å². The Hall–Kier alpha value is 0.0400. The number of benzene rings is 1. The van der Waals surface area contributed by atoms with Crippen molar-refractivity contribution >= 4 is 34.2 Å². The van der Waals surface area contributed by atoms with Crippen molar-refractivity contribution in [2.75, 3.05) is 4.43 Å². The van der Waals surface area contributed by atoms with Crippen molar-refractivity contribution < 1.29 is 5.11 Å². The molecule has 12 heavy (non-hydrogen) atoms. The number of phenolic OH excluding ortho intramolecular Hbond substituents is 1. The Morgan fingerprint density at radius 3 is 2.33 bits per heavy atom. The zero-order chi connectivity index (χ0) is 9.19. The molecule has 0 aliphatic heterocycles. The van der Waals surface area contributed by atoms with Crippen molar-refractivity contribution in [3.05, 3.63) is 29.8 Å². The molecule has 0 saturated carbocycles. The van der Waals surface area contributed by atoms with E-state index in [0.29, 0.717) is 0 Å². The van der Waals surface area contributed by atoms with E-state index in [0.717, 1.165) is 9.99 Å². The van der Waals surface area contributed by atoms with E-state index in [1.807, 2.05) is 19.1 Å². The molecule has 1 rings (SSSR count). The molecule has 0 radical (unpaired) electrons. The number of phenols is 1. The summed E-state index contributed by atoms with van der Waals surface area (Å²) in [6, 6.07) is 7.01. The Kier molecular flexibility index (Phi) is 3.23. The fourth-order valence-electron chi connectivity index (χ4n) is 0.886. The molecule has 0 aliphatic rings. The topological polar surface area (TPSA) is 20.2 Å². The van der Waals surface area contributed by atoms with Gasteiger partial charge in [-0.05, 0) is 24.6 Å². The minimum atomic E-state index is -0.325. The summed E-state index contributed by atoms with van der Waals surface area (Å²) in [5, 5.41) is 9.05. The number of hydrogen-bond donors (Lipinski definition) is 1. The lowest BCUT2D eigenvalue weighted by atomic mass is 10.0. The summed E-state index contributed by atoms with van der Waals surface area (Å²) in [5.41, 5.74) is 1.04. The predicted molar refractivity (Wildman–Crippen MR) is 60.2 cm³/mol. The van der Waals surface area contributed by atoms with Crippen LogP contribution in [0.25, 0.3) is 0 Å². The first kappa shape index (κ1) is 10.1. The summed E-state index contributed by atoms with van der Waals surface area (Å²) in [5.74, 6) is 0.277. The molecule has 0 saturated heterocycles. The van der Waals surface area contributed by atoms with Gasteiger partial charge in [0.05, 0.1) is 4.87 Å². The van der Waals surface area contributed by atoms with Crippen molar-refractivity contribution in [1.29, 1.82) is 0 Å². The van der Waals surface area contributed by atoms with E-state index in [-0.39, 0.29) is 10.6 Å². The van der Waals surface area contributed by atoms with Crippen molar-refractivity contribution in [2.24, 2.45) is 0 Å². The molecule has 66 valence electrons. The second-order valence-corrected chi connectivity index (χ2v) is 4.47. The van der Waals surface area contributed by atoms with Crippen LogP contribution in [0.4, 0.5) is 0 Å². The highest BCUT2D eigenvalue weighted by Gasteiger charge is 2.21. The normalized spacial score (nSPS) is 15.6. The van der Waals surface area contributed by atoms with Gasteiger partial charge in [-0.2, -0.15) is 0 Å². The maximum atomic E-state index is 9.05. The largest absolute Gasteiger partial charge is 0.508 e. The molecule has 1 aromatic carbocycles. The highest BCUT2D eigenvalue weighted by molar-refractivity contribution is 14.1. The fraction of sp³-hybridized carbons (Fsp3) is 0.333. The molecule has 1 aromatic rings. The highest BCUT2D eigenvalue weighted by atomic mass is 127. The molecular formula is C9H10ClIO. The third-order valence-corrected chi connectivity index (χ3v) is 4.05. The van der Waals surface area contributed by atoms with E-state index in [4.69, 9.17) is 16.7 Å². The summed E-state index contributed by atoms with van der Waals surface area (Å²) in [4.78, 5) is -0.325. The zero-order valence-electron chi connectivity index (χ0n) is 6.72. The number of hydrogen-bond acceptors (Lipinski definition) is 1. The van der Waals surface area contributed by atoms with Crippen LogP contribution in [0.15, 0.2) is 24.3 Å². The van der Waals surface area contributed by atoms with Crippen LogP contribution in [-0.4, -0.2) is 9.53 Å². The smallest absolute Gasteiger partial charge is 0.115 e.